The predicted octanol–water partition coefficient (Wildman–Crippen LogP) is 3.13. The lowest BCUT2D eigenvalue weighted by molar-refractivity contribution is 0.536. The van der Waals surface area contributed by atoms with Crippen LogP contribution in [0.4, 0.5) is 11.8 Å². The van der Waals surface area contributed by atoms with Gasteiger partial charge in [0.2, 0.25) is 5.95 Å². The average molecular weight is 299 g/mol. The molecule has 94 valence electrons. The van der Waals surface area contributed by atoms with Gasteiger partial charge in [-0.2, -0.15) is 4.98 Å². The Bertz CT molecular complexity index is 379. The zero-order valence-corrected chi connectivity index (χ0v) is 11.9. The van der Waals surface area contributed by atoms with Crippen molar-refractivity contribution in [1.29, 1.82) is 0 Å². The molecule has 0 saturated heterocycles. The first kappa shape index (κ1) is 12.6. The van der Waals surface area contributed by atoms with E-state index in [1.54, 1.807) is 6.20 Å². The highest BCUT2D eigenvalue weighted by molar-refractivity contribution is 9.10. The third-order valence-electron chi connectivity index (χ3n) is 3.10. The van der Waals surface area contributed by atoms with Gasteiger partial charge in [0.25, 0.3) is 0 Å². The molecule has 1 saturated carbocycles. The maximum Gasteiger partial charge on any atom is 0.224 e. The monoisotopic (exact) mass is 298 g/mol. The fraction of sp³-hybridized carbons (Fsp3) is 0.667. The minimum absolute atomic E-state index is 0.678. The second-order valence-electron chi connectivity index (χ2n) is 4.62. The van der Waals surface area contributed by atoms with E-state index in [0.717, 1.165) is 35.2 Å². The highest BCUT2D eigenvalue weighted by atomic mass is 79.9. The number of hydrogen-bond donors (Lipinski definition) is 2. The zero-order valence-electron chi connectivity index (χ0n) is 10.3. The molecule has 0 aromatic carbocycles. The Kier molecular flexibility index (Phi) is 4.20. The van der Waals surface area contributed by atoms with Crippen molar-refractivity contribution in [2.24, 2.45) is 11.8 Å². The van der Waals surface area contributed by atoms with Crippen LogP contribution in [0.1, 0.15) is 26.7 Å². The van der Waals surface area contributed by atoms with Crippen LogP contribution in [-0.4, -0.2) is 23.1 Å². The summed E-state index contributed by atoms with van der Waals surface area (Å²) < 4.78 is 0.919. The van der Waals surface area contributed by atoms with Gasteiger partial charge in [-0.3, -0.25) is 0 Å². The first-order valence-electron chi connectivity index (χ1n) is 6.21. The number of anilines is 2. The Morgan fingerprint density at radius 1 is 1.47 bits per heavy atom. The topological polar surface area (TPSA) is 49.8 Å². The standard InChI is InChI=1S/C12H19BrN4/c1-3-14-12-16-7-10(13)11(17-12)15-6-8(2)9-4-5-9/h7-9H,3-6H2,1-2H3,(H2,14,15,16,17). The highest BCUT2D eigenvalue weighted by Gasteiger charge is 2.27. The molecule has 1 aromatic rings. The van der Waals surface area contributed by atoms with E-state index in [-0.39, 0.29) is 0 Å². The Hall–Kier alpha value is -0.840. The molecule has 1 aliphatic carbocycles. The maximum absolute atomic E-state index is 4.43. The normalized spacial score (nSPS) is 16.6. The Morgan fingerprint density at radius 2 is 2.24 bits per heavy atom. The van der Waals surface area contributed by atoms with Crippen molar-refractivity contribution in [2.45, 2.75) is 26.7 Å². The van der Waals surface area contributed by atoms with Crippen LogP contribution in [0.15, 0.2) is 10.7 Å². The smallest absolute Gasteiger partial charge is 0.224 e. The van der Waals surface area contributed by atoms with Gasteiger partial charge >= 0.3 is 0 Å². The molecule has 4 nitrogen and oxygen atoms in total. The molecular formula is C12H19BrN4. The SMILES string of the molecule is CCNc1ncc(Br)c(NCC(C)C2CC2)n1. The largest absolute Gasteiger partial charge is 0.369 e. The lowest BCUT2D eigenvalue weighted by atomic mass is 10.1. The molecule has 17 heavy (non-hydrogen) atoms. The second-order valence-corrected chi connectivity index (χ2v) is 5.47. The van der Waals surface area contributed by atoms with Crippen molar-refractivity contribution in [1.82, 2.24) is 9.97 Å². The summed E-state index contributed by atoms with van der Waals surface area (Å²) in [6, 6.07) is 0. The minimum Gasteiger partial charge on any atom is -0.369 e. The summed E-state index contributed by atoms with van der Waals surface area (Å²) in [7, 11) is 0. The van der Waals surface area contributed by atoms with Crippen LogP contribution in [0.2, 0.25) is 0 Å². The maximum atomic E-state index is 4.43. The van der Waals surface area contributed by atoms with Crippen LogP contribution in [0.3, 0.4) is 0 Å². The molecule has 1 atom stereocenters. The van der Waals surface area contributed by atoms with E-state index < -0.39 is 0 Å². The summed E-state index contributed by atoms with van der Waals surface area (Å²) >= 11 is 3.47. The predicted molar refractivity (Wildman–Crippen MR) is 74.3 cm³/mol. The molecule has 1 unspecified atom stereocenters. The zero-order chi connectivity index (χ0) is 12.3. The Balaban J connectivity index is 1.95. The third kappa shape index (κ3) is 3.56. The van der Waals surface area contributed by atoms with Gasteiger partial charge in [0.1, 0.15) is 5.82 Å². The summed E-state index contributed by atoms with van der Waals surface area (Å²) in [5.41, 5.74) is 0. The number of nitrogens with zero attached hydrogens (tertiary/aromatic N) is 2. The number of nitrogens with one attached hydrogen (secondary N) is 2. The van der Waals surface area contributed by atoms with Gasteiger partial charge in [-0.25, -0.2) is 4.98 Å². The molecule has 5 heteroatoms. The van der Waals surface area contributed by atoms with E-state index in [0.29, 0.717) is 5.95 Å². The number of rotatable bonds is 6. The van der Waals surface area contributed by atoms with E-state index in [9.17, 15) is 0 Å². The number of halogens is 1. The van der Waals surface area contributed by atoms with Crippen molar-refractivity contribution in [2.75, 3.05) is 23.7 Å². The van der Waals surface area contributed by atoms with Crippen molar-refractivity contribution in [3.8, 4) is 0 Å². The molecule has 1 fully saturated rings. The van der Waals surface area contributed by atoms with Gasteiger partial charge < -0.3 is 10.6 Å². The fourth-order valence-corrected chi connectivity index (χ4v) is 2.16. The van der Waals surface area contributed by atoms with Crippen LogP contribution in [0, 0.1) is 11.8 Å². The summed E-state index contributed by atoms with van der Waals surface area (Å²) in [4.78, 5) is 8.63. The number of hydrogen-bond acceptors (Lipinski definition) is 4. The van der Waals surface area contributed by atoms with Crippen LogP contribution in [-0.2, 0) is 0 Å². The van der Waals surface area contributed by atoms with E-state index >= 15 is 0 Å². The van der Waals surface area contributed by atoms with Crippen LogP contribution in [0.5, 0.6) is 0 Å². The lowest BCUT2D eigenvalue weighted by Crippen LogP contribution is -2.15. The second kappa shape index (κ2) is 5.67. The van der Waals surface area contributed by atoms with Gasteiger partial charge in [0, 0.05) is 19.3 Å². The molecule has 0 aliphatic heterocycles. The summed E-state index contributed by atoms with van der Waals surface area (Å²) in [5, 5.41) is 6.51. The molecule has 2 N–H and O–H groups in total. The van der Waals surface area contributed by atoms with Crippen LogP contribution >= 0.6 is 15.9 Å². The molecule has 1 aromatic heterocycles. The van der Waals surface area contributed by atoms with Gasteiger partial charge in [0.05, 0.1) is 4.47 Å². The average Bonchev–Trinajstić information content (AvgIpc) is 3.13. The Morgan fingerprint density at radius 3 is 2.88 bits per heavy atom. The number of aromatic nitrogens is 2. The molecule has 0 bridgehead atoms. The van der Waals surface area contributed by atoms with Crippen molar-refractivity contribution >= 4 is 27.7 Å². The van der Waals surface area contributed by atoms with Gasteiger partial charge in [-0.05, 0) is 47.5 Å². The van der Waals surface area contributed by atoms with Crippen molar-refractivity contribution < 1.29 is 0 Å². The first-order chi connectivity index (χ1) is 8.20. The van der Waals surface area contributed by atoms with E-state index in [1.165, 1.54) is 12.8 Å². The van der Waals surface area contributed by atoms with Gasteiger partial charge in [0.15, 0.2) is 0 Å². The quantitative estimate of drug-likeness (QED) is 0.847. The summed E-state index contributed by atoms with van der Waals surface area (Å²) in [5.74, 6) is 3.19. The molecule has 2 rings (SSSR count). The van der Waals surface area contributed by atoms with E-state index in [1.807, 2.05) is 6.92 Å². The molecular weight excluding hydrogens is 280 g/mol. The fourth-order valence-electron chi connectivity index (χ4n) is 1.82. The van der Waals surface area contributed by atoms with Crippen molar-refractivity contribution in [3.63, 3.8) is 0 Å². The molecule has 1 aliphatic rings. The van der Waals surface area contributed by atoms with Gasteiger partial charge in [-0.1, -0.05) is 6.92 Å². The molecule has 0 radical (unpaired) electrons. The first-order valence-corrected chi connectivity index (χ1v) is 7.00. The van der Waals surface area contributed by atoms with Crippen molar-refractivity contribution in [3.05, 3.63) is 10.7 Å². The third-order valence-corrected chi connectivity index (χ3v) is 3.68. The Labute approximate surface area is 111 Å². The minimum atomic E-state index is 0.678. The lowest BCUT2D eigenvalue weighted by Gasteiger charge is -2.13. The molecule has 0 amide bonds. The summed E-state index contributed by atoms with van der Waals surface area (Å²) in [6.45, 7) is 6.14. The molecule has 0 spiro atoms. The van der Waals surface area contributed by atoms with Crippen LogP contribution < -0.4 is 10.6 Å². The van der Waals surface area contributed by atoms with E-state index in [4.69, 9.17) is 0 Å². The van der Waals surface area contributed by atoms with Gasteiger partial charge in [-0.15, -0.1) is 0 Å². The highest BCUT2D eigenvalue weighted by Crippen LogP contribution is 2.36. The summed E-state index contributed by atoms with van der Waals surface area (Å²) in [6.07, 6.45) is 4.56. The van der Waals surface area contributed by atoms with E-state index in [2.05, 4.69) is 43.5 Å². The molecule has 1 heterocycles. The van der Waals surface area contributed by atoms with Crippen LogP contribution in [0.25, 0.3) is 0 Å².